The number of alkyl halides is 3. The van der Waals surface area contributed by atoms with E-state index in [0.29, 0.717) is 18.2 Å². The standard InChI is InChI=1S/C21H28F3N3O/c1-14-18(16-5-3-6-16)9-8-17(27-14)7-4-10-25-12-15-11-19(21(22,23)24)20(28-2)26-13-15/h8-9,11,13-14,16,25,27H,3-7,10,12H2,1-2H3. The predicted octanol–water partition coefficient (Wildman–Crippen LogP) is 4.58. The summed E-state index contributed by atoms with van der Waals surface area (Å²) in [7, 11) is 1.19. The Morgan fingerprint density at radius 1 is 1.29 bits per heavy atom. The lowest BCUT2D eigenvalue weighted by molar-refractivity contribution is -0.139. The van der Waals surface area contributed by atoms with Crippen LogP contribution < -0.4 is 15.4 Å². The Bertz CT molecular complexity index is 739. The molecule has 2 aliphatic rings. The van der Waals surface area contributed by atoms with Gasteiger partial charge in [0.25, 0.3) is 0 Å². The number of hydrogen-bond donors (Lipinski definition) is 2. The number of nitrogens with zero attached hydrogens (tertiary/aromatic N) is 1. The number of halogens is 3. The van der Waals surface area contributed by atoms with Gasteiger partial charge in [-0.3, -0.25) is 0 Å². The maximum Gasteiger partial charge on any atom is 0.421 e. The molecule has 2 heterocycles. The fourth-order valence-electron chi connectivity index (χ4n) is 3.73. The molecule has 1 aromatic heterocycles. The molecule has 0 amide bonds. The molecule has 1 aliphatic heterocycles. The highest BCUT2D eigenvalue weighted by atomic mass is 19.4. The number of ether oxygens (including phenoxy) is 1. The molecule has 1 aliphatic carbocycles. The van der Waals surface area contributed by atoms with E-state index in [4.69, 9.17) is 4.74 Å². The average molecular weight is 395 g/mol. The number of aromatic nitrogens is 1. The van der Waals surface area contributed by atoms with Crippen LogP contribution in [0.2, 0.25) is 0 Å². The van der Waals surface area contributed by atoms with Crippen molar-refractivity contribution in [3.05, 3.63) is 46.8 Å². The SMILES string of the molecule is COc1ncc(CNCCCC2=CC=C(C3CCC3)C(C)N2)cc1C(F)(F)F. The van der Waals surface area contributed by atoms with Crippen molar-refractivity contribution in [2.24, 2.45) is 5.92 Å². The first-order chi connectivity index (χ1) is 13.4. The monoisotopic (exact) mass is 395 g/mol. The van der Waals surface area contributed by atoms with Crippen molar-refractivity contribution in [2.45, 2.75) is 57.8 Å². The van der Waals surface area contributed by atoms with Gasteiger partial charge in [-0.2, -0.15) is 13.2 Å². The van der Waals surface area contributed by atoms with Crippen LogP contribution >= 0.6 is 0 Å². The number of rotatable bonds is 8. The van der Waals surface area contributed by atoms with Gasteiger partial charge >= 0.3 is 6.18 Å². The van der Waals surface area contributed by atoms with Crippen LogP contribution in [0.15, 0.2) is 35.7 Å². The number of methoxy groups -OCH3 is 1. The molecule has 7 heteroatoms. The molecular formula is C21H28F3N3O. The van der Waals surface area contributed by atoms with Crippen molar-refractivity contribution in [1.82, 2.24) is 15.6 Å². The van der Waals surface area contributed by atoms with Gasteiger partial charge in [-0.25, -0.2) is 4.98 Å². The molecule has 3 rings (SSSR count). The topological polar surface area (TPSA) is 46.2 Å². The van der Waals surface area contributed by atoms with E-state index in [1.807, 2.05) is 0 Å². The van der Waals surface area contributed by atoms with Crippen molar-refractivity contribution in [3.8, 4) is 5.88 Å². The molecule has 0 radical (unpaired) electrons. The van der Waals surface area contributed by atoms with Crippen molar-refractivity contribution in [3.63, 3.8) is 0 Å². The van der Waals surface area contributed by atoms with Crippen LogP contribution in [0.1, 0.15) is 50.2 Å². The van der Waals surface area contributed by atoms with Crippen molar-refractivity contribution < 1.29 is 17.9 Å². The zero-order valence-corrected chi connectivity index (χ0v) is 16.4. The van der Waals surface area contributed by atoms with Gasteiger partial charge < -0.3 is 15.4 Å². The van der Waals surface area contributed by atoms with E-state index in [0.717, 1.165) is 31.4 Å². The van der Waals surface area contributed by atoms with E-state index in [-0.39, 0.29) is 0 Å². The summed E-state index contributed by atoms with van der Waals surface area (Å²) in [5.41, 5.74) is 2.39. The van der Waals surface area contributed by atoms with Gasteiger partial charge in [-0.05, 0) is 68.3 Å². The molecule has 1 atom stereocenters. The highest BCUT2D eigenvalue weighted by molar-refractivity contribution is 5.32. The summed E-state index contributed by atoms with van der Waals surface area (Å²) in [5.74, 6) is 0.358. The Balaban J connectivity index is 1.44. The van der Waals surface area contributed by atoms with Crippen LogP contribution in [0.3, 0.4) is 0 Å². The average Bonchev–Trinajstić information content (AvgIpc) is 2.61. The van der Waals surface area contributed by atoms with Gasteiger partial charge in [0, 0.05) is 24.5 Å². The van der Waals surface area contributed by atoms with Crippen LogP contribution in [-0.4, -0.2) is 24.7 Å². The van der Waals surface area contributed by atoms with Crippen LogP contribution in [0.4, 0.5) is 13.2 Å². The number of allylic oxidation sites excluding steroid dienone is 3. The van der Waals surface area contributed by atoms with Gasteiger partial charge in [-0.1, -0.05) is 12.5 Å². The van der Waals surface area contributed by atoms with E-state index in [1.165, 1.54) is 43.8 Å². The molecule has 1 unspecified atom stereocenters. The number of pyridine rings is 1. The molecular weight excluding hydrogens is 367 g/mol. The van der Waals surface area contributed by atoms with E-state index in [9.17, 15) is 13.2 Å². The second-order valence-electron chi connectivity index (χ2n) is 7.53. The lowest BCUT2D eigenvalue weighted by Crippen LogP contribution is -2.34. The van der Waals surface area contributed by atoms with Crippen LogP contribution in [0.25, 0.3) is 0 Å². The summed E-state index contributed by atoms with van der Waals surface area (Å²) in [6, 6.07) is 1.49. The summed E-state index contributed by atoms with van der Waals surface area (Å²) in [4.78, 5) is 3.77. The van der Waals surface area contributed by atoms with Gasteiger partial charge in [-0.15, -0.1) is 0 Å². The fraction of sp³-hybridized carbons (Fsp3) is 0.571. The Morgan fingerprint density at radius 3 is 2.68 bits per heavy atom. The van der Waals surface area contributed by atoms with E-state index in [2.05, 4.69) is 34.7 Å². The maximum atomic E-state index is 13.0. The third kappa shape index (κ3) is 5.07. The lowest BCUT2D eigenvalue weighted by Gasteiger charge is -2.35. The summed E-state index contributed by atoms with van der Waals surface area (Å²) in [6.07, 6.45) is 7.17. The minimum absolute atomic E-state index is 0.342. The largest absolute Gasteiger partial charge is 0.481 e. The Labute approximate surface area is 164 Å². The van der Waals surface area contributed by atoms with Gasteiger partial charge in [0.05, 0.1) is 7.11 Å². The molecule has 1 aromatic rings. The van der Waals surface area contributed by atoms with Crippen molar-refractivity contribution in [2.75, 3.05) is 13.7 Å². The van der Waals surface area contributed by atoms with Gasteiger partial charge in [0.1, 0.15) is 5.56 Å². The number of dihydropyridines is 1. The zero-order valence-electron chi connectivity index (χ0n) is 16.4. The Kier molecular flexibility index (Phi) is 6.65. The minimum Gasteiger partial charge on any atom is -0.481 e. The highest BCUT2D eigenvalue weighted by Crippen LogP contribution is 2.36. The molecule has 0 aromatic carbocycles. The third-order valence-electron chi connectivity index (χ3n) is 5.49. The minimum atomic E-state index is -4.48. The summed E-state index contributed by atoms with van der Waals surface area (Å²) in [5, 5.41) is 6.77. The summed E-state index contributed by atoms with van der Waals surface area (Å²) < 4.78 is 43.8. The van der Waals surface area contributed by atoms with E-state index >= 15 is 0 Å². The maximum absolute atomic E-state index is 13.0. The van der Waals surface area contributed by atoms with Crippen molar-refractivity contribution in [1.29, 1.82) is 0 Å². The van der Waals surface area contributed by atoms with E-state index < -0.39 is 17.6 Å². The Hall–Kier alpha value is -2.02. The second kappa shape index (κ2) is 8.99. The van der Waals surface area contributed by atoms with Crippen LogP contribution in [-0.2, 0) is 12.7 Å². The molecule has 0 saturated heterocycles. The molecule has 0 spiro atoms. The normalized spacial score (nSPS) is 20.1. The van der Waals surface area contributed by atoms with E-state index in [1.54, 1.807) is 0 Å². The first kappa shape index (κ1) is 20.7. The first-order valence-corrected chi connectivity index (χ1v) is 9.86. The highest BCUT2D eigenvalue weighted by Gasteiger charge is 2.35. The summed E-state index contributed by atoms with van der Waals surface area (Å²) >= 11 is 0. The first-order valence-electron chi connectivity index (χ1n) is 9.86. The van der Waals surface area contributed by atoms with Gasteiger partial charge in [0.15, 0.2) is 0 Å². The second-order valence-corrected chi connectivity index (χ2v) is 7.53. The lowest BCUT2D eigenvalue weighted by atomic mass is 9.76. The molecule has 0 bridgehead atoms. The molecule has 4 nitrogen and oxygen atoms in total. The smallest absolute Gasteiger partial charge is 0.421 e. The third-order valence-corrected chi connectivity index (χ3v) is 5.49. The Morgan fingerprint density at radius 2 is 2.07 bits per heavy atom. The predicted molar refractivity (Wildman–Crippen MR) is 103 cm³/mol. The fourth-order valence-corrected chi connectivity index (χ4v) is 3.73. The zero-order chi connectivity index (χ0) is 20.1. The van der Waals surface area contributed by atoms with Crippen LogP contribution in [0, 0.1) is 5.92 Å². The number of hydrogen-bond acceptors (Lipinski definition) is 4. The molecule has 28 heavy (non-hydrogen) atoms. The quantitative estimate of drug-likeness (QED) is 0.633. The molecule has 1 saturated carbocycles. The molecule has 2 N–H and O–H groups in total. The van der Waals surface area contributed by atoms with Crippen molar-refractivity contribution >= 4 is 0 Å². The number of nitrogens with one attached hydrogen (secondary N) is 2. The summed E-state index contributed by atoms with van der Waals surface area (Å²) in [6.45, 7) is 3.28. The van der Waals surface area contributed by atoms with Crippen LogP contribution in [0.5, 0.6) is 5.88 Å². The molecule has 154 valence electrons. The van der Waals surface area contributed by atoms with Gasteiger partial charge in [0.2, 0.25) is 5.88 Å². The molecule has 1 fully saturated rings.